The van der Waals surface area contributed by atoms with Gasteiger partial charge in [-0.1, -0.05) is 146 Å². The van der Waals surface area contributed by atoms with E-state index in [-0.39, 0.29) is 13.5 Å². The van der Waals surface area contributed by atoms with Crippen LogP contribution in [0.1, 0.15) is 0 Å². The normalized spacial score (nSPS) is 11.2. The van der Waals surface area contributed by atoms with Gasteiger partial charge in [-0.25, -0.2) is 19.9 Å². The van der Waals surface area contributed by atoms with Crippen LogP contribution in [0.4, 0.5) is 0 Å². The molecule has 0 aliphatic heterocycles. The van der Waals surface area contributed by atoms with Gasteiger partial charge in [0.2, 0.25) is 0 Å². The van der Waals surface area contributed by atoms with Gasteiger partial charge < -0.3 is 0 Å². The van der Waals surface area contributed by atoms with Crippen LogP contribution in [-0.4, -0.2) is 24.5 Å². The molecule has 0 saturated heterocycles. The van der Waals surface area contributed by atoms with Gasteiger partial charge in [-0.05, 0) is 69.4 Å². The van der Waals surface area contributed by atoms with Gasteiger partial charge in [0.1, 0.15) is 5.82 Å². The van der Waals surface area contributed by atoms with E-state index in [0.717, 1.165) is 55.8 Å². The monoisotopic (exact) mass is 711 g/mol. The molecule has 256 valence electrons. The van der Waals surface area contributed by atoms with E-state index >= 15 is 0 Å². The van der Waals surface area contributed by atoms with Gasteiger partial charge in [0, 0.05) is 33.7 Å². The van der Waals surface area contributed by atoms with Crippen molar-refractivity contribution in [3.63, 3.8) is 0 Å². The lowest BCUT2D eigenvalue weighted by Crippen LogP contribution is -2.02. The molecular formula is C48H33N5S. The highest BCUT2D eigenvalue weighted by Crippen LogP contribution is 2.37. The smallest absolute Gasteiger partial charge is 0.164 e. The van der Waals surface area contributed by atoms with Crippen LogP contribution in [0.3, 0.4) is 0 Å². The average molecular weight is 712 g/mol. The Kier molecular flexibility index (Phi) is 8.50. The predicted octanol–water partition coefficient (Wildman–Crippen LogP) is 12.0. The molecule has 10 aromatic rings. The average Bonchev–Trinajstić information content (AvgIpc) is 3.59. The van der Waals surface area contributed by atoms with Crippen LogP contribution in [0.15, 0.2) is 188 Å². The first-order chi connectivity index (χ1) is 26.3. The number of fused-ring (bicyclic) bond motifs is 5. The second-order valence-electron chi connectivity index (χ2n) is 13.1. The lowest BCUT2D eigenvalue weighted by Gasteiger charge is -2.12. The zero-order valence-electron chi connectivity index (χ0n) is 29.1. The lowest BCUT2D eigenvalue weighted by atomic mass is 10.0. The van der Waals surface area contributed by atoms with Gasteiger partial charge in [0.25, 0.3) is 0 Å². The molecule has 10 rings (SSSR count). The van der Waals surface area contributed by atoms with Crippen LogP contribution in [0.5, 0.6) is 0 Å². The maximum absolute atomic E-state index is 5.14. The second kappa shape index (κ2) is 13.9. The minimum absolute atomic E-state index is 0. The molecule has 0 N–H and O–H groups in total. The van der Waals surface area contributed by atoms with Crippen LogP contribution in [-0.2, 0) is 0 Å². The number of nitrogens with zero attached hydrogens (tertiary/aromatic N) is 5. The van der Waals surface area contributed by atoms with Crippen molar-refractivity contribution in [3.8, 4) is 62.2 Å². The van der Waals surface area contributed by atoms with Crippen molar-refractivity contribution < 1.29 is 0 Å². The van der Waals surface area contributed by atoms with E-state index in [2.05, 4.69) is 168 Å². The molecule has 0 unspecified atom stereocenters. The number of hydrogen-bond acceptors (Lipinski definition) is 4. The van der Waals surface area contributed by atoms with Crippen LogP contribution in [0.25, 0.3) is 94.8 Å². The van der Waals surface area contributed by atoms with E-state index in [9.17, 15) is 0 Å². The first kappa shape index (κ1) is 33.0. The summed E-state index contributed by atoms with van der Waals surface area (Å²) in [6.45, 7) is 0. The first-order valence-electron chi connectivity index (χ1n) is 17.7. The Bertz CT molecular complexity index is 2860. The van der Waals surface area contributed by atoms with Crippen LogP contribution in [0, 0.1) is 0 Å². The summed E-state index contributed by atoms with van der Waals surface area (Å²) in [7, 11) is 0. The standard InChI is InChI=1S/C48H31N5.H2S/c1-3-13-32(14-4-1)35-18-11-20-37(29-35)46-50-47(38-21-12-19-36(30-38)33-15-5-2-6-16-33)52-48(51-46)39-27-28-49-44(31-39)53-42-24-10-9-23-41(42)45-40-22-8-7-17-34(40)25-26-43(45)53;/h1-31H;1H2. The summed E-state index contributed by atoms with van der Waals surface area (Å²) in [5, 5.41) is 4.83. The number of aromatic nitrogens is 5. The summed E-state index contributed by atoms with van der Waals surface area (Å²) in [6, 6.07) is 63.1. The van der Waals surface area contributed by atoms with Crippen LogP contribution >= 0.6 is 13.5 Å². The Balaban J connectivity index is 0.00000384. The summed E-state index contributed by atoms with van der Waals surface area (Å²) in [4.78, 5) is 20.3. The maximum atomic E-state index is 5.14. The molecule has 0 bridgehead atoms. The third-order valence-electron chi connectivity index (χ3n) is 9.89. The minimum atomic E-state index is 0. The van der Waals surface area contributed by atoms with Gasteiger partial charge >= 0.3 is 0 Å². The highest BCUT2D eigenvalue weighted by molar-refractivity contribution is 7.59. The predicted molar refractivity (Wildman–Crippen MR) is 227 cm³/mol. The van der Waals surface area contributed by atoms with Crippen molar-refractivity contribution in [1.82, 2.24) is 24.5 Å². The molecular weight excluding hydrogens is 679 g/mol. The summed E-state index contributed by atoms with van der Waals surface area (Å²) in [5.41, 5.74) is 9.35. The number of benzene rings is 7. The van der Waals surface area contributed by atoms with E-state index < -0.39 is 0 Å². The zero-order valence-corrected chi connectivity index (χ0v) is 30.1. The Hall–Kier alpha value is -6.89. The second-order valence-corrected chi connectivity index (χ2v) is 13.1. The van der Waals surface area contributed by atoms with Crippen molar-refractivity contribution in [1.29, 1.82) is 0 Å². The Morgan fingerprint density at radius 2 is 0.852 bits per heavy atom. The molecule has 0 spiro atoms. The fourth-order valence-corrected chi connectivity index (χ4v) is 7.37. The van der Waals surface area contributed by atoms with E-state index in [1.54, 1.807) is 0 Å². The van der Waals surface area contributed by atoms with Gasteiger partial charge in [0.05, 0.1) is 11.0 Å². The van der Waals surface area contributed by atoms with Crippen molar-refractivity contribution in [3.05, 3.63) is 188 Å². The molecule has 0 aliphatic carbocycles. The van der Waals surface area contributed by atoms with Gasteiger partial charge in [-0.15, -0.1) is 0 Å². The molecule has 0 aliphatic rings. The quantitative estimate of drug-likeness (QED) is 0.172. The zero-order chi connectivity index (χ0) is 35.1. The summed E-state index contributed by atoms with van der Waals surface area (Å²) < 4.78 is 2.25. The Morgan fingerprint density at radius 3 is 1.48 bits per heavy atom. The molecule has 54 heavy (non-hydrogen) atoms. The molecule has 0 saturated carbocycles. The topological polar surface area (TPSA) is 56.5 Å². The van der Waals surface area contributed by atoms with E-state index in [4.69, 9.17) is 19.9 Å². The van der Waals surface area contributed by atoms with E-state index in [1.165, 1.54) is 21.5 Å². The molecule has 0 fully saturated rings. The number of para-hydroxylation sites is 1. The van der Waals surface area contributed by atoms with Crippen molar-refractivity contribution in [2.45, 2.75) is 0 Å². The number of pyridine rings is 1. The molecule has 3 aromatic heterocycles. The van der Waals surface area contributed by atoms with Gasteiger partial charge in [-0.3, -0.25) is 4.57 Å². The SMILES string of the molecule is S.c1ccc(-c2cccc(-c3nc(-c4cccc(-c5ccccc5)c4)nc(-c4ccnc(-n5c6ccccc6c6c7ccccc7ccc65)c4)n3)c2)cc1. The lowest BCUT2D eigenvalue weighted by molar-refractivity contribution is 1.05. The van der Waals surface area contributed by atoms with Crippen molar-refractivity contribution >= 4 is 46.1 Å². The molecule has 5 nitrogen and oxygen atoms in total. The number of rotatable bonds is 6. The maximum Gasteiger partial charge on any atom is 0.164 e. The first-order valence-corrected chi connectivity index (χ1v) is 17.7. The molecule has 7 aromatic carbocycles. The summed E-state index contributed by atoms with van der Waals surface area (Å²) >= 11 is 0. The molecule has 6 heteroatoms. The molecule has 0 radical (unpaired) electrons. The number of hydrogen-bond donors (Lipinski definition) is 0. The molecule has 3 heterocycles. The third kappa shape index (κ3) is 5.89. The van der Waals surface area contributed by atoms with Gasteiger partial charge in [-0.2, -0.15) is 13.5 Å². The molecule has 0 amide bonds. The van der Waals surface area contributed by atoms with Crippen LogP contribution < -0.4 is 0 Å². The largest absolute Gasteiger partial charge is 0.294 e. The Labute approximate surface area is 319 Å². The Morgan fingerprint density at radius 1 is 0.352 bits per heavy atom. The van der Waals surface area contributed by atoms with E-state index in [0.29, 0.717) is 17.5 Å². The fraction of sp³-hybridized carbons (Fsp3) is 0. The summed E-state index contributed by atoms with van der Waals surface area (Å²) in [6.07, 6.45) is 1.85. The third-order valence-corrected chi connectivity index (χ3v) is 9.89. The van der Waals surface area contributed by atoms with Gasteiger partial charge in [0.15, 0.2) is 17.5 Å². The van der Waals surface area contributed by atoms with Crippen molar-refractivity contribution in [2.75, 3.05) is 0 Å². The van der Waals surface area contributed by atoms with E-state index in [1.807, 2.05) is 24.4 Å². The highest BCUT2D eigenvalue weighted by Gasteiger charge is 2.18. The molecule has 0 atom stereocenters. The van der Waals surface area contributed by atoms with Crippen LogP contribution in [0.2, 0.25) is 0 Å². The minimum Gasteiger partial charge on any atom is -0.294 e. The summed E-state index contributed by atoms with van der Waals surface area (Å²) in [5.74, 6) is 2.59. The van der Waals surface area contributed by atoms with Crippen molar-refractivity contribution in [2.24, 2.45) is 0 Å². The highest BCUT2D eigenvalue weighted by atomic mass is 32.1. The fourth-order valence-electron chi connectivity index (χ4n) is 7.37.